The fourth-order valence-corrected chi connectivity index (χ4v) is 4.06. The lowest BCUT2D eigenvalue weighted by Crippen LogP contribution is -2.67. The van der Waals surface area contributed by atoms with Crippen LogP contribution in [0.1, 0.15) is 20.7 Å². The molecule has 0 bridgehead atoms. The molecule has 0 saturated carbocycles. The van der Waals surface area contributed by atoms with Crippen molar-refractivity contribution in [3.05, 3.63) is 92.8 Å². The molecule has 4 rings (SSSR count). The smallest absolute Gasteiger partial charge is 0.256 e. The SMILES string of the molecule is O=C(NCC1(O)CN(C(=O)c2ccc(F)c(F)c2Nc2ccc(I)cc2F)C1)c1ccccc1. The summed E-state index contributed by atoms with van der Waals surface area (Å²) in [5, 5.41) is 15.7. The quantitative estimate of drug-likeness (QED) is 0.384. The summed E-state index contributed by atoms with van der Waals surface area (Å²) in [6, 6.07) is 14.5. The molecule has 0 spiro atoms. The van der Waals surface area contributed by atoms with E-state index in [1.165, 1.54) is 17.0 Å². The molecular formula is C24H19F3IN3O3. The number of hydrogen-bond donors (Lipinski definition) is 3. The van der Waals surface area contributed by atoms with Crippen molar-refractivity contribution in [2.24, 2.45) is 0 Å². The minimum Gasteiger partial charge on any atom is -0.384 e. The second kappa shape index (κ2) is 9.63. The van der Waals surface area contributed by atoms with E-state index in [1.54, 1.807) is 36.4 Å². The summed E-state index contributed by atoms with van der Waals surface area (Å²) in [6.07, 6.45) is 0. The number of nitrogens with one attached hydrogen (secondary N) is 2. The van der Waals surface area contributed by atoms with Gasteiger partial charge < -0.3 is 20.6 Å². The van der Waals surface area contributed by atoms with Crippen LogP contribution in [-0.2, 0) is 0 Å². The summed E-state index contributed by atoms with van der Waals surface area (Å²) < 4.78 is 43.4. The maximum absolute atomic E-state index is 14.6. The van der Waals surface area contributed by atoms with E-state index in [0.717, 1.165) is 12.1 Å². The van der Waals surface area contributed by atoms with Crippen LogP contribution >= 0.6 is 22.6 Å². The molecule has 1 aliphatic heterocycles. The molecule has 10 heteroatoms. The zero-order chi connectivity index (χ0) is 24.5. The summed E-state index contributed by atoms with van der Waals surface area (Å²) in [5.41, 5.74) is -1.78. The van der Waals surface area contributed by atoms with E-state index in [4.69, 9.17) is 0 Å². The molecule has 0 radical (unpaired) electrons. The zero-order valence-corrected chi connectivity index (χ0v) is 19.8. The van der Waals surface area contributed by atoms with E-state index in [9.17, 15) is 27.9 Å². The van der Waals surface area contributed by atoms with Crippen molar-refractivity contribution in [3.8, 4) is 0 Å². The predicted molar refractivity (Wildman–Crippen MR) is 128 cm³/mol. The van der Waals surface area contributed by atoms with Gasteiger partial charge in [0.05, 0.1) is 36.6 Å². The van der Waals surface area contributed by atoms with Crippen LogP contribution in [0.25, 0.3) is 0 Å². The third-order valence-electron chi connectivity index (χ3n) is 5.39. The van der Waals surface area contributed by atoms with E-state index in [-0.39, 0.29) is 36.8 Å². The second-order valence-corrected chi connectivity index (χ2v) is 9.21. The summed E-state index contributed by atoms with van der Waals surface area (Å²) in [5.74, 6) is -4.26. The highest BCUT2D eigenvalue weighted by atomic mass is 127. The molecule has 0 aliphatic carbocycles. The Balaban J connectivity index is 1.46. The number of halogens is 4. The number of hydrogen-bond acceptors (Lipinski definition) is 4. The van der Waals surface area contributed by atoms with Crippen molar-refractivity contribution in [2.45, 2.75) is 5.60 Å². The van der Waals surface area contributed by atoms with Crippen molar-refractivity contribution in [1.82, 2.24) is 10.2 Å². The molecule has 3 N–H and O–H groups in total. The molecule has 6 nitrogen and oxygen atoms in total. The molecule has 1 fully saturated rings. The highest BCUT2D eigenvalue weighted by molar-refractivity contribution is 14.1. The summed E-state index contributed by atoms with van der Waals surface area (Å²) in [6.45, 7) is -0.351. The molecule has 1 aliphatic rings. The van der Waals surface area contributed by atoms with Crippen molar-refractivity contribution < 1.29 is 27.9 Å². The number of amides is 2. The van der Waals surface area contributed by atoms with Crippen LogP contribution in [-0.4, -0.2) is 47.1 Å². The van der Waals surface area contributed by atoms with Gasteiger partial charge in [-0.25, -0.2) is 13.2 Å². The highest BCUT2D eigenvalue weighted by Gasteiger charge is 2.44. The maximum Gasteiger partial charge on any atom is 0.256 e. The fraction of sp³-hybridized carbons (Fsp3) is 0.167. The zero-order valence-electron chi connectivity index (χ0n) is 17.6. The number of likely N-dealkylation sites (tertiary alicyclic amines) is 1. The molecule has 1 saturated heterocycles. The van der Waals surface area contributed by atoms with E-state index in [2.05, 4.69) is 10.6 Å². The Labute approximate surface area is 206 Å². The molecule has 3 aromatic rings. The number of aliphatic hydroxyl groups is 1. The third-order valence-corrected chi connectivity index (χ3v) is 6.06. The third kappa shape index (κ3) is 5.02. The minimum absolute atomic E-state index is 0.0960. The molecule has 1 heterocycles. The van der Waals surface area contributed by atoms with Gasteiger partial charge in [-0.15, -0.1) is 0 Å². The number of rotatable bonds is 6. The average Bonchev–Trinajstić information content (AvgIpc) is 2.80. The van der Waals surface area contributed by atoms with Gasteiger partial charge in [0.2, 0.25) is 0 Å². The van der Waals surface area contributed by atoms with E-state index < -0.39 is 34.6 Å². The Morgan fingerprint density at radius 2 is 1.71 bits per heavy atom. The lowest BCUT2D eigenvalue weighted by atomic mass is 9.92. The number of carbonyl (C=O) groups excluding carboxylic acids is 2. The van der Waals surface area contributed by atoms with Gasteiger partial charge in [0.1, 0.15) is 11.4 Å². The molecule has 176 valence electrons. The molecule has 3 aromatic carbocycles. The molecule has 2 amide bonds. The number of carbonyl (C=O) groups is 2. The van der Waals surface area contributed by atoms with E-state index >= 15 is 0 Å². The first kappa shape index (κ1) is 24.0. The molecule has 0 aromatic heterocycles. The second-order valence-electron chi connectivity index (χ2n) is 7.97. The van der Waals surface area contributed by atoms with Crippen molar-refractivity contribution >= 4 is 45.8 Å². The Kier molecular flexibility index (Phi) is 6.80. The van der Waals surface area contributed by atoms with Crippen molar-refractivity contribution in [3.63, 3.8) is 0 Å². The van der Waals surface area contributed by atoms with Gasteiger partial charge in [-0.2, -0.15) is 0 Å². The first-order valence-electron chi connectivity index (χ1n) is 10.2. The lowest BCUT2D eigenvalue weighted by Gasteiger charge is -2.46. The van der Waals surface area contributed by atoms with Gasteiger partial charge in [0.15, 0.2) is 11.6 Å². The molecule has 0 unspecified atom stereocenters. The van der Waals surface area contributed by atoms with E-state index in [0.29, 0.717) is 9.13 Å². The van der Waals surface area contributed by atoms with Crippen LogP contribution in [0.3, 0.4) is 0 Å². The summed E-state index contributed by atoms with van der Waals surface area (Å²) >= 11 is 1.91. The van der Waals surface area contributed by atoms with Crippen LogP contribution in [0.4, 0.5) is 24.5 Å². The Morgan fingerprint density at radius 1 is 1.00 bits per heavy atom. The van der Waals surface area contributed by atoms with Crippen LogP contribution in [0.2, 0.25) is 0 Å². The summed E-state index contributed by atoms with van der Waals surface area (Å²) in [4.78, 5) is 26.4. The van der Waals surface area contributed by atoms with Crippen LogP contribution < -0.4 is 10.6 Å². The standard InChI is InChI=1S/C24H19F3IN3O3/c25-17-8-7-16(21(20(17)27)30-19-9-6-15(28)10-18(19)26)23(33)31-12-24(34,13-31)11-29-22(32)14-4-2-1-3-5-14/h1-10,30,34H,11-13H2,(H,29,32). The van der Waals surface area contributed by atoms with Crippen LogP contribution in [0, 0.1) is 21.0 Å². The fourth-order valence-electron chi connectivity index (χ4n) is 3.60. The van der Waals surface area contributed by atoms with Crippen LogP contribution in [0.15, 0.2) is 60.7 Å². The Bertz CT molecular complexity index is 1250. The van der Waals surface area contributed by atoms with Crippen molar-refractivity contribution in [1.29, 1.82) is 0 Å². The first-order valence-corrected chi connectivity index (χ1v) is 11.3. The topological polar surface area (TPSA) is 81.7 Å². The maximum atomic E-state index is 14.6. The van der Waals surface area contributed by atoms with Gasteiger partial charge in [-0.3, -0.25) is 9.59 Å². The number of benzene rings is 3. The number of nitrogens with zero attached hydrogens (tertiary/aromatic N) is 1. The van der Waals surface area contributed by atoms with Gasteiger partial charge in [-0.05, 0) is 65.1 Å². The normalized spacial score (nSPS) is 14.3. The van der Waals surface area contributed by atoms with Gasteiger partial charge >= 0.3 is 0 Å². The lowest BCUT2D eigenvalue weighted by molar-refractivity contribution is -0.0772. The minimum atomic E-state index is -1.37. The van der Waals surface area contributed by atoms with Crippen LogP contribution in [0.5, 0.6) is 0 Å². The molecule has 34 heavy (non-hydrogen) atoms. The Hall–Kier alpha value is -3.12. The Morgan fingerprint density at radius 3 is 2.38 bits per heavy atom. The van der Waals surface area contributed by atoms with Crippen molar-refractivity contribution in [2.75, 3.05) is 25.0 Å². The predicted octanol–water partition coefficient (Wildman–Crippen LogP) is 4.07. The van der Waals surface area contributed by atoms with Gasteiger partial charge in [0, 0.05) is 9.13 Å². The number of β-amino-alcohol motifs (C(OH)–C–C–N with tert-alkyl or cyclic N) is 1. The van der Waals surface area contributed by atoms with Gasteiger partial charge in [0.25, 0.3) is 11.8 Å². The monoisotopic (exact) mass is 581 g/mol. The average molecular weight is 581 g/mol. The summed E-state index contributed by atoms with van der Waals surface area (Å²) in [7, 11) is 0. The highest BCUT2D eigenvalue weighted by Crippen LogP contribution is 2.31. The molecule has 0 atom stereocenters. The van der Waals surface area contributed by atoms with Gasteiger partial charge in [-0.1, -0.05) is 18.2 Å². The molecular weight excluding hydrogens is 562 g/mol. The largest absolute Gasteiger partial charge is 0.384 e. The van der Waals surface area contributed by atoms with E-state index in [1.807, 2.05) is 22.6 Å². The number of anilines is 2. The first-order chi connectivity index (χ1) is 16.2.